The van der Waals surface area contributed by atoms with Crippen LogP contribution in [0.3, 0.4) is 0 Å². The van der Waals surface area contributed by atoms with Crippen molar-refractivity contribution in [3.05, 3.63) is 35.0 Å². The molecule has 1 fully saturated rings. The fourth-order valence-electron chi connectivity index (χ4n) is 3.14. The van der Waals surface area contributed by atoms with Crippen LogP contribution in [0.4, 0.5) is 0 Å². The van der Waals surface area contributed by atoms with E-state index >= 15 is 0 Å². The van der Waals surface area contributed by atoms with E-state index in [4.69, 9.17) is 4.52 Å². The summed E-state index contributed by atoms with van der Waals surface area (Å²) in [4.78, 5) is 14.6. The molecular formula is C16H22N4O2. The van der Waals surface area contributed by atoms with Crippen molar-refractivity contribution in [3.63, 3.8) is 0 Å². The van der Waals surface area contributed by atoms with Gasteiger partial charge in [0.25, 0.3) is 0 Å². The number of nitrogens with zero attached hydrogens (tertiary/aromatic N) is 4. The van der Waals surface area contributed by atoms with Gasteiger partial charge in [-0.05, 0) is 39.2 Å². The lowest BCUT2D eigenvalue weighted by atomic mass is 10.1. The van der Waals surface area contributed by atoms with Crippen LogP contribution in [0, 0.1) is 20.8 Å². The molecule has 1 saturated heterocycles. The molecule has 1 aliphatic rings. The van der Waals surface area contributed by atoms with Crippen molar-refractivity contribution < 1.29 is 9.32 Å². The summed E-state index contributed by atoms with van der Waals surface area (Å²) in [7, 11) is 0. The molecule has 0 bridgehead atoms. The minimum atomic E-state index is 0.153. The number of amides is 1. The second-order valence-electron chi connectivity index (χ2n) is 6.10. The van der Waals surface area contributed by atoms with Crippen molar-refractivity contribution in [3.8, 4) is 0 Å². The van der Waals surface area contributed by atoms with Crippen LogP contribution in [0.15, 0.2) is 16.9 Å². The molecule has 1 amide bonds. The van der Waals surface area contributed by atoms with Crippen molar-refractivity contribution in [1.82, 2.24) is 19.8 Å². The minimum absolute atomic E-state index is 0.153. The Labute approximate surface area is 130 Å². The summed E-state index contributed by atoms with van der Waals surface area (Å²) < 4.78 is 7.08. The lowest BCUT2D eigenvalue weighted by Gasteiger charge is -2.24. The maximum absolute atomic E-state index is 12.6. The van der Waals surface area contributed by atoms with Crippen molar-refractivity contribution in [2.75, 3.05) is 6.54 Å². The van der Waals surface area contributed by atoms with E-state index in [2.05, 4.69) is 10.3 Å². The van der Waals surface area contributed by atoms with Gasteiger partial charge in [0, 0.05) is 18.3 Å². The summed E-state index contributed by atoms with van der Waals surface area (Å²) in [5.74, 6) is 0.894. The molecule has 0 radical (unpaired) electrons. The van der Waals surface area contributed by atoms with Gasteiger partial charge in [-0.25, -0.2) is 0 Å². The van der Waals surface area contributed by atoms with Crippen LogP contribution in [-0.4, -0.2) is 38.3 Å². The van der Waals surface area contributed by atoms with Crippen LogP contribution >= 0.6 is 0 Å². The molecule has 0 aliphatic carbocycles. The lowest BCUT2D eigenvalue weighted by Crippen LogP contribution is -2.39. The molecule has 22 heavy (non-hydrogen) atoms. The van der Waals surface area contributed by atoms with Crippen LogP contribution in [0.5, 0.6) is 0 Å². The molecule has 0 spiro atoms. The number of rotatable bonds is 4. The molecule has 0 N–H and O–H groups in total. The first-order valence-corrected chi connectivity index (χ1v) is 7.75. The Balaban J connectivity index is 1.68. The highest BCUT2D eigenvalue weighted by Gasteiger charge is 2.30. The molecule has 118 valence electrons. The molecule has 1 aliphatic heterocycles. The average Bonchev–Trinajstić information content (AvgIpc) is 3.17. The van der Waals surface area contributed by atoms with Crippen molar-refractivity contribution in [2.24, 2.45) is 0 Å². The summed E-state index contributed by atoms with van der Waals surface area (Å²) in [6.07, 6.45) is 6.33. The first kappa shape index (κ1) is 14.8. The van der Waals surface area contributed by atoms with Crippen LogP contribution < -0.4 is 0 Å². The Morgan fingerprint density at radius 2 is 2.23 bits per heavy atom. The van der Waals surface area contributed by atoms with Gasteiger partial charge >= 0.3 is 0 Å². The van der Waals surface area contributed by atoms with Gasteiger partial charge in [0.1, 0.15) is 5.76 Å². The number of carbonyl (C=O) groups is 1. The quantitative estimate of drug-likeness (QED) is 0.867. The first-order valence-electron chi connectivity index (χ1n) is 7.75. The highest BCUT2D eigenvalue weighted by Crippen LogP contribution is 2.22. The van der Waals surface area contributed by atoms with E-state index in [1.54, 1.807) is 0 Å². The highest BCUT2D eigenvalue weighted by atomic mass is 16.5. The Hall–Kier alpha value is -2.11. The molecule has 0 unspecified atom stereocenters. The van der Waals surface area contributed by atoms with Gasteiger partial charge in [-0.3, -0.25) is 9.48 Å². The standard InChI is InChI=1S/C16H22N4O2/c1-11-8-17-19(9-11)10-14-5-4-6-20(14)16(21)7-15-12(2)18-22-13(15)3/h8-9,14H,4-7,10H2,1-3H3/t14-/m0/s1. The van der Waals surface area contributed by atoms with Gasteiger partial charge in [-0.1, -0.05) is 5.16 Å². The third-order valence-electron chi connectivity index (χ3n) is 4.37. The number of hydrogen-bond acceptors (Lipinski definition) is 4. The molecule has 3 heterocycles. The lowest BCUT2D eigenvalue weighted by molar-refractivity contribution is -0.131. The van der Waals surface area contributed by atoms with E-state index in [1.807, 2.05) is 42.7 Å². The van der Waals surface area contributed by atoms with Gasteiger partial charge in [-0.15, -0.1) is 0 Å². The van der Waals surface area contributed by atoms with E-state index in [9.17, 15) is 4.79 Å². The minimum Gasteiger partial charge on any atom is -0.361 e. The summed E-state index contributed by atoms with van der Waals surface area (Å²) in [6, 6.07) is 0.229. The van der Waals surface area contributed by atoms with Gasteiger partial charge in [0.2, 0.25) is 5.91 Å². The first-order chi connectivity index (χ1) is 10.5. The Morgan fingerprint density at radius 1 is 1.41 bits per heavy atom. The third-order valence-corrected chi connectivity index (χ3v) is 4.37. The Kier molecular flexibility index (Phi) is 4.00. The van der Waals surface area contributed by atoms with Gasteiger partial charge in [0.05, 0.1) is 30.9 Å². The van der Waals surface area contributed by atoms with Gasteiger partial charge < -0.3 is 9.42 Å². The van der Waals surface area contributed by atoms with Crippen molar-refractivity contribution in [2.45, 2.75) is 52.6 Å². The molecule has 2 aromatic rings. The predicted molar refractivity (Wildman–Crippen MR) is 81.4 cm³/mol. The second kappa shape index (κ2) is 5.94. The molecule has 3 rings (SSSR count). The SMILES string of the molecule is Cc1cnn(C[C@@H]2CCCN2C(=O)Cc2c(C)noc2C)c1. The predicted octanol–water partition coefficient (Wildman–Crippen LogP) is 2.03. The second-order valence-corrected chi connectivity index (χ2v) is 6.10. The topological polar surface area (TPSA) is 64.2 Å². The van der Waals surface area contributed by atoms with Crippen LogP contribution in [0.2, 0.25) is 0 Å². The van der Waals surface area contributed by atoms with Gasteiger partial charge in [-0.2, -0.15) is 5.10 Å². The van der Waals surface area contributed by atoms with Crippen LogP contribution in [0.1, 0.15) is 35.4 Å². The summed E-state index contributed by atoms with van der Waals surface area (Å²) in [5.41, 5.74) is 2.88. The average molecular weight is 302 g/mol. The fraction of sp³-hybridized carbons (Fsp3) is 0.562. The van der Waals surface area contributed by atoms with Crippen molar-refractivity contribution in [1.29, 1.82) is 0 Å². The van der Waals surface area contributed by atoms with E-state index in [0.717, 1.165) is 48.5 Å². The zero-order valence-corrected chi connectivity index (χ0v) is 13.4. The molecule has 6 nitrogen and oxygen atoms in total. The third kappa shape index (κ3) is 2.91. The zero-order valence-electron chi connectivity index (χ0n) is 13.4. The van der Waals surface area contributed by atoms with E-state index in [-0.39, 0.29) is 11.9 Å². The largest absolute Gasteiger partial charge is 0.361 e. The summed E-state index contributed by atoms with van der Waals surface area (Å²) >= 11 is 0. The van der Waals surface area contributed by atoms with E-state index < -0.39 is 0 Å². The zero-order chi connectivity index (χ0) is 15.7. The van der Waals surface area contributed by atoms with Gasteiger partial charge in [0.15, 0.2) is 0 Å². The fourth-order valence-corrected chi connectivity index (χ4v) is 3.14. The Bertz CT molecular complexity index is 654. The molecule has 6 heteroatoms. The normalized spacial score (nSPS) is 18.1. The molecule has 0 saturated carbocycles. The summed E-state index contributed by atoms with van der Waals surface area (Å²) in [5, 5.41) is 8.26. The van der Waals surface area contributed by atoms with Crippen LogP contribution in [0.25, 0.3) is 0 Å². The highest BCUT2D eigenvalue weighted by molar-refractivity contribution is 5.79. The smallest absolute Gasteiger partial charge is 0.227 e. The number of likely N-dealkylation sites (tertiary alicyclic amines) is 1. The number of carbonyl (C=O) groups excluding carboxylic acids is 1. The molecular weight excluding hydrogens is 280 g/mol. The maximum atomic E-state index is 12.6. The molecule has 1 atom stereocenters. The van der Waals surface area contributed by atoms with E-state index in [0.29, 0.717) is 6.42 Å². The van der Waals surface area contributed by atoms with Crippen molar-refractivity contribution >= 4 is 5.91 Å². The maximum Gasteiger partial charge on any atom is 0.227 e. The van der Waals surface area contributed by atoms with E-state index in [1.165, 1.54) is 0 Å². The molecule has 0 aromatic carbocycles. The monoisotopic (exact) mass is 302 g/mol. The Morgan fingerprint density at radius 3 is 2.86 bits per heavy atom. The van der Waals surface area contributed by atoms with Crippen LogP contribution in [-0.2, 0) is 17.8 Å². The summed E-state index contributed by atoms with van der Waals surface area (Å²) in [6.45, 7) is 7.36. The number of aromatic nitrogens is 3. The number of hydrogen-bond donors (Lipinski definition) is 0. The number of aryl methyl sites for hydroxylation is 3. The molecule has 2 aromatic heterocycles.